The Morgan fingerprint density at radius 3 is 2.86 bits per heavy atom. The SMILES string of the molecule is O=C(O)c1c(Nc2cccc(O)c2)nc2n(c1=O)CCCC2. The number of aromatic hydroxyl groups is 1. The van der Waals surface area contributed by atoms with Gasteiger partial charge in [0.15, 0.2) is 11.4 Å². The standard InChI is InChI=1S/C15H15N3O4/c19-10-5-3-4-9(8-10)16-13-12(15(21)22)14(20)18-7-2-1-6-11(18)17-13/h3-5,8,16,19H,1-2,6-7H2,(H,21,22). The highest BCUT2D eigenvalue weighted by Crippen LogP contribution is 2.22. The molecule has 0 fully saturated rings. The number of benzene rings is 1. The van der Waals surface area contributed by atoms with E-state index in [1.165, 1.54) is 16.7 Å². The van der Waals surface area contributed by atoms with Gasteiger partial charge in [0.1, 0.15) is 11.6 Å². The minimum Gasteiger partial charge on any atom is -0.508 e. The predicted octanol–water partition coefficient (Wildman–Crippen LogP) is 1.73. The van der Waals surface area contributed by atoms with Gasteiger partial charge in [0.05, 0.1) is 0 Å². The van der Waals surface area contributed by atoms with E-state index in [9.17, 15) is 19.8 Å². The molecule has 114 valence electrons. The number of phenols is 1. The Kier molecular flexibility index (Phi) is 3.54. The minimum absolute atomic E-state index is 0.0104. The molecule has 2 heterocycles. The van der Waals surface area contributed by atoms with Crippen molar-refractivity contribution >= 4 is 17.5 Å². The van der Waals surface area contributed by atoms with Crippen molar-refractivity contribution in [3.8, 4) is 5.75 Å². The maximum atomic E-state index is 12.4. The van der Waals surface area contributed by atoms with Crippen molar-refractivity contribution < 1.29 is 15.0 Å². The first-order valence-corrected chi connectivity index (χ1v) is 6.99. The van der Waals surface area contributed by atoms with Gasteiger partial charge in [-0.1, -0.05) is 6.07 Å². The van der Waals surface area contributed by atoms with E-state index in [0.717, 1.165) is 12.8 Å². The van der Waals surface area contributed by atoms with Crippen molar-refractivity contribution in [2.24, 2.45) is 0 Å². The average Bonchev–Trinajstić information content (AvgIpc) is 2.47. The molecule has 1 aliphatic rings. The van der Waals surface area contributed by atoms with Crippen LogP contribution in [0.3, 0.4) is 0 Å². The van der Waals surface area contributed by atoms with Gasteiger partial charge >= 0.3 is 5.97 Å². The van der Waals surface area contributed by atoms with E-state index >= 15 is 0 Å². The van der Waals surface area contributed by atoms with Gasteiger partial charge in [-0.2, -0.15) is 0 Å². The monoisotopic (exact) mass is 301 g/mol. The van der Waals surface area contributed by atoms with E-state index in [1.54, 1.807) is 12.1 Å². The van der Waals surface area contributed by atoms with Crippen LogP contribution in [0.1, 0.15) is 29.0 Å². The summed E-state index contributed by atoms with van der Waals surface area (Å²) in [6.07, 6.45) is 2.40. The van der Waals surface area contributed by atoms with Gasteiger partial charge in [0, 0.05) is 24.7 Å². The number of aromatic carboxylic acids is 1. The first-order chi connectivity index (χ1) is 10.6. The highest BCUT2D eigenvalue weighted by molar-refractivity contribution is 5.93. The lowest BCUT2D eigenvalue weighted by Gasteiger charge is -2.19. The van der Waals surface area contributed by atoms with Gasteiger partial charge < -0.3 is 15.5 Å². The second kappa shape index (κ2) is 5.51. The van der Waals surface area contributed by atoms with Crippen LogP contribution in [0.15, 0.2) is 29.1 Å². The third-order valence-electron chi connectivity index (χ3n) is 3.60. The number of anilines is 2. The summed E-state index contributed by atoms with van der Waals surface area (Å²) in [5.74, 6) is -0.683. The van der Waals surface area contributed by atoms with E-state index in [4.69, 9.17) is 0 Å². The van der Waals surface area contributed by atoms with Crippen LogP contribution < -0.4 is 10.9 Å². The number of carboxylic acids is 1. The molecule has 3 N–H and O–H groups in total. The number of carbonyl (C=O) groups is 1. The Labute approximate surface area is 125 Å². The zero-order valence-electron chi connectivity index (χ0n) is 11.7. The van der Waals surface area contributed by atoms with Crippen LogP contribution in [0.5, 0.6) is 5.75 Å². The van der Waals surface area contributed by atoms with Crippen molar-refractivity contribution in [2.45, 2.75) is 25.8 Å². The Morgan fingerprint density at radius 1 is 1.32 bits per heavy atom. The van der Waals surface area contributed by atoms with Gasteiger partial charge in [-0.05, 0) is 25.0 Å². The second-order valence-corrected chi connectivity index (χ2v) is 5.15. The van der Waals surface area contributed by atoms with Crippen LogP contribution in [0, 0.1) is 0 Å². The van der Waals surface area contributed by atoms with Gasteiger partial charge in [0.25, 0.3) is 5.56 Å². The van der Waals surface area contributed by atoms with Crippen molar-refractivity contribution in [1.82, 2.24) is 9.55 Å². The maximum Gasteiger partial charge on any atom is 0.345 e. The third kappa shape index (κ3) is 2.52. The lowest BCUT2D eigenvalue weighted by atomic mass is 10.1. The molecule has 1 aromatic carbocycles. The van der Waals surface area contributed by atoms with Crippen molar-refractivity contribution in [2.75, 3.05) is 5.32 Å². The third-order valence-corrected chi connectivity index (χ3v) is 3.60. The van der Waals surface area contributed by atoms with E-state index in [1.807, 2.05) is 0 Å². The molecule has 0 atom stereocenters. The molecule has 22 heavy (non-hydrogen) atoms. The summed E-state index contributed by atoms with van der Waals surface area (Å²) in [5, 5.41) is 21.6. The Morgan fingerprint density at radius 2 is 2.14 bits per heavy atom. The quantitative estimate of drug-likeness (QED) is 0.797. The summed E-state index contributed by atoms with van der Waals surface area (Å²) in [6, 6.07) is 6.20. The summed E-state index contributed by atoms with van der Waals surface area (Å²) in [5.41, 5.74) is -0.455. The normalized spacial score (nSPS) is 13.5. The molecular weight excluding hydrogens is 286 g/mol. The Hall–Kier alpha value is -2.83. The summed E-state index contributed by atoms with van der Waals surface area (Å²) in [4.78, 5) is 28.1. The first-order valence-electron chi connectivity index (χ1n) is 6.99. The van der Waals surface area contributed by atoms with Crippen LogP contribution in [-0.4, -0.2) is 25.7 Å². The Bertz CT molecular complexity index is 798. The second-order valence-electron chi connectivity index (χ2n) is 5.15. The van der Waals surface area contributed by atoms with E-state index in [0.29, 0.717) is 24.5 Å². The van der Waals surface area contributed by atoms with Crippen molar-refractivity contribution in [1.29, 1.82) is 0 Å². The molecule has 3 rings (SSSR count). The smallest absolute Gasteiger partial charge is 0.345 e. The van der Waals surface area contributed by atoms with Crippen LogP contribution in [0.25, 0.3) is 0 Å². The number of nitrogens with one attached hydrogen (secondary N) is 1. The highest BCUT2D eigenvalue weighted by Gasteiger charge is 2.23. The number of aromatic nitrogens is 2. The number of hydrogen-bond donors (Lipinski definition) is 3. The molecule has 7 heteroatoms. The molecular formula is C15H15N3O4. The Balaban J connectivity index is 2.11. The van der Waals surface area contributed by atoms with E-state index < -0.39 is 11.5 Å². The number of phenolic OH excluding ortho intramolecular Hbond substituents is 1. The molecule has 1 aromatic heterocycles. The molecule has 0 spiro atoms. The fourth-order valence-corrected chi connectivity index (χ4v) is 2.58. The number of fused-ring (bicyclic) bond motifs is 1. The molecule has 1 aliphatic heterocycles. The molecule has 0 aliphatic carbocycles. The largest absolute Gasteiger partial charge is 0.508 e. The molecule has 7 nitrogen and oxygen atoms in total. The lowest BCUT2D eigenvalue weighted by molar-refractivity contribution is 0.0694. The lowest BCUT2D eigenvalue weighted by Crippen LogP contribution is -2.33. The molecule has 0 amide bonds. The molecule has 0 radical (unpaired) electrons. The van der Waals surface area contributed by atoms with Crippen LogP contribution in [0.2, 0.25) is 0 Å². The van der Waals surface area contributed by atoms with Crippen molar-refractivity contribution in [3.63, 3.8) is 0 Å². The van der Waals surface area contributed by atoms with Gasteiger partial charge in [-0.25, -0.2) is 9.78 Å². The molecule has 2 aromatic rings. The van der Waals surface area contributed by atoms with Crippen LogP contribution >= 0.6 is 0 Å². The number of hydrogen-bond acceptors (Lipinski definition) is 5. The topological polar surface area (TPSA) is 104 Å². The summed E-state index contributed by atoms with van der Waals surface area (Å²) in [7, 11) is 0. The van der Waals surface area contributed by atoms with E-state index in [2.05, 4.69) is 10.3 Å². The molecule has 0 saturated carbocycles. The van der Waals surface area contributed by atoms with Crippen molar-refractivity contribution in [3.05, 3.63) is 46.0 Å². The average molecular weight is 301 g/mol. The predicted molar refractivity (Wildman–Crippen MR) is 79.8 cm³/mol. The zero-order valence-corrected chi connectivity index (χ0v) is 11.7. The molecule has 0 saturated heterocycles. The van der Waals surface area contributed by atoms with Gasteiger partial charge in [-0.3, -0.25) is 9.36 Å². The number of nitrogens with zero attached hydrogens (tertiary/aromatic N) is 2. The fourth-order valence-electron chi connectivity index (χ4n) is 2.58. The molecule has 0 bridgehead atoms. The summed E-state index contributed by atoms with van der Waals surface area (Å²) >= 11 is 0. The summed E-state index contributed by atoms with van der Waals surface area (Å²) < 4.78 is 1.43. The zero-order chi connectivity index (χ0) is 15.7. The highest BCUT2D eigenvalue weighted by atomic mass is 16.4. The summed E-state index contributed by atoms with van der Waals surface area (Å²) in [6.45, 7) is 0.494. The number of aryl methyl sites for hydroxylation is 1. The van der Waals surface area contributed by atoms with E-state index in [-0.39, 0.29) is 17.1 Å². The molecule has 0 unspecified atom stereocenters. The number of rotatable bonds is 3. The van der Waals surface area contributed by atoms with Crippen LogP contribution in [-0.2, 0) is 13.0 Å². The minimum atomic E-state index is -1.32. The van der Waals surface area contributed by atoms with Crippen LogP contribution in [0.4, 0.5) is 11.5 Å². The maximum absolute atomic E-state index is 12.4. The van der Waals surface area contributed by atoms with Gasteiger partial charge in [0.2, 0.25) is 0 Å². The first kappa shape index (κ1) is 14.1. The fraction of sp³-hybridized carbons (Fsp3) is 0.267. The van der Waals surface area contributed by atoms with Gasteiger partial charge in [-0.15, -0.1) is 0 Å². The number of carboxylic acid groups (broad SMARTS) is 1.